The van der Waals surface area contributed by atoms with Gasteiger partial charge in [-0.15, -0.1) is 0 Å². The van der Waals surface area contributed by atoms with Crippen molar-refractivity contribution in [2.75, 3.05) is 45.9 Å². The first-order chi connectivity index (χ1) is 11.8. The molecule has 0 aromatic carbocycles. The molecule has 0 radical (unpaired) electrons. The lowest BCUT2D eigenvalue weighted by Gasteiger charge is -2.43. The lowest BCUT2D eigenvalue weighted by Crippen LogP contribution is -2.55. The van der Waals surface area contributed by atoms with Crippen LogP contribution in [-0.4, -0.2) is 77.7 Å². The van der Waals surface area contributed by atoms with Crippen LogP contribution in [0.25, 0.3) is 0 Å². The number of hydrogen-bond donors (Lipinski definition) is 0. The third-order valence-corrected chi connectivity index (χ3v) is 4.99. The van der Waals surface area contributed by atoms with E-state index in [0.29, 0.717) is 12.6 Å². The Hall–Kier alpha value is -1.66. The van der Waals surface area contributed by atoms with Crippen LogP contribution in [0.5, 0.6) is 0 Å². The number of aromatic nitrogens is 1. The first kappa shape index (κ1) is 17.2. The number of rotatable bonds is 4. The second-order valence-electron chi connectivity index (χ2n) is 6.61. The van der Waals surface area contributed by atoms with Crippen LogP contribution in [0, 0.1) is 0 Å². The van der Waals surface area contributed by atoms with Crippen molar-refractivity contribution in [2.24, 2.45) is 0 Å². The van der Waals surface area contributed by atoms with Crippen molar-refractivity contribution >= 4 is 6.09 Å². The minimum Gasteiger partial charge on any atom is -0.450 e. The van der Waals surface area contributed by atoms with Gasteiger partial charge >= 0.3 is 6.09 Å². The standard InChI is InChI=1S/C18H28N4O2/c1-2-24-18(23)22-12-10-21(11-13-22)17-4-3-9-20(15-17)14-16-5-7-19-8-6-16/h5-8,17H,2-4,9-15H2,1H3. The molecule has 24 heavy (non-hydrogen) atoms. The molecular weight excluding hydrogens is 304 g/mol. The number of likely N-dealkylation sites (tertiary alicyclic amines) is 1. The predicted molar refractivity (Wildman–Crippen MR) is 92.7 cm³/mol. The van der Waals surface area contributed by atoms with E-state index < -0.39 is 0 Å². The van der Waals surface area contributed by atoms with E-state index in [9.17, 15) is 4.79 Å². The SMILES string of the molecule is CCOC(=O)N1CCN(C2CCCN(Cc3ccncc3)C2)CC1. The van der Waals surface area contributed by atoms with Gasteiger partial charge in [0, 0.05) is 57.7 Å². The van der Waals surface area contributed by atoms with Crippen LogP contribution in [0.2, 0.25) is 0 Å². The van der Waals surface area contributed by atoms with Gasteiger partial charge in [-0.3, -0.25) is 14.8 Å². The van der Waals surface area contributed by atoms with Gasteiger partial charge in [0.15, 0.2) is 0 Å². The van der Waals surface area contributed by atoms with Crippen LogP contribution in [0.3, 0.4) is 0 Å². The van der Waals surface area contributed by atoms with Crippen molar-refractivity contribution in [1.82, 2.24) is 19.7 Å². The maximum absolute atomic E-state index is 11.8. The molecule has 1 aromatic rings. The summed E-state index contributed by atoms with van der Waals surface area (Å²) in [6.45, 7) is 9.04. The van der Waals surface area contributed by atoms with Gasteiger partial charge in [-0.1, -0.05) is 0 Å². The van der Waals surface area contributed by atoms with Crippen LogP contribution in [-0.2, 0) is 11.3 Å². The van der Waals surface area contributed by atoms with E-state index in [4.69, 9.17) is 4.74 Å². The van der Waals surface area contributed by atoms with Gasteiger partial charge in [0.2, 0.25) is 0 Å². The number of hydrogen-bond acceptors (Lipinski definition) is 5. The van der Waals surface area contributed by atoms with Gasteiger partial charge in [0.05, 0.1) is 6.61 Å². The Morgan fingerprint density at radius 3 is 2.67 bits per heavy atom. The molecule has 2 aliphatic heterocycles. The van der Waals surface area contributed by atoms with Crippen molar-refractivity contribution in [1.29, 1.82) is 0 Å². The highest BCUT2D eigenvalue weighted by atomic mass is 16.6. The molecule has 0 aliphatic carbocycles. The number of pyridine rings is 1. The van der Waals surface area contributed by atoms with E-state index in [1.807, 2.05) is 24.2 Å². The molecule has 1 aromatic heterocycles. The summed E-state index contributed by atoms with van der Waals surface area (Å²) in [6, 6.07) is 4.80. The fourth-order valence-corrected chi connectivity index (χ4v) is 3.70. The zero-order valence-electron chi connectivity index (χ0n) is 14.6. The predicted octanol–water partition coefficient (Wildman–Crippen LogP) is 1.82. The Bertz CT molecular complexity index is 517. The molecule has 1 amide bonds. The minimum atomic E-state index is -0.167. The highest BCUT2D eigenvalue weighted by Gasteiger charge is 2.29. The highest BCUT2D eigenvalue weighted by Crippen LogP contribution is 2.19. The molecule has 0 spiro atoms. The van der Waals surface area contributed by atoms with Crippen LogP contribution in [0.4, 0.5) is 4.79 Å². The number of carbonyl (C=O) groups excluding carboxylic acids is 1. The van der Waals surface area contributed by atoms with E-state index in [-0.39, 0.29) is 6.09 Å². The number of carbonyl (C=O) groups is 1. The lowest BCUT2D eigenvalue weighted by atomic mass is 10.0. The molecule has 0 bridgehead atoms. The summed E-state index contributed by atoms with van der Waals surface area (Å²) in [5, 5.41) is 0. The summed E-state index contributed by atoms with van der Waals surface area (Å²) >= 11 is 0. The third-order valence-electron chi connectivity index (χ3n) is 4.99. The van der Waals surface area contributed by atoms with Crippen molar-refractivity contribution in [3.05, 3.63) is 30.1 Å². The zero-order chi connectivity index (χ0) is 16.8. The maximum atomic E-state index is 11.8. The first-order valence-corrected chi connectivity index (χ1v) is 9.03. The fraction of sp³-hybridized carbons (Fsp3) is 0.667. The van der Waals surface area contributed by atoms with Crippen molar-refractivity contribution < 1.29 is 9.53 Å². The van der Waals surface area contributed by atoms with Gasteiger partial charge in [0.1, 0.15) is 0 Å². The fourth-order valence-electron chi connectivity index (χ4n) is 3.70. The number of amides is 1. The molecule has 1 atom stereocenters. The molecule has 1 unspecified atom stereocenters. The van der Waals surface area contributed by atoms with Crippen LogP contribution in [0.15, 0.2) is 24.5 Å². The van der Waals surface area contributed by atoms with Crippen molar-refractivity contribution in [2.45, 2.75) is 32.4 Å². The van der Waals surface area contributed by atoms with Crippen LogP contribution < -0.4 is 0 Å². The molecule has 0 saturated carbocycles. The number of ether oxygens (including phenoxy) is 1. The Labute approximate surface area is 144 Å². The van der Waals surface area contributed by atoms with Crippen molar-refractivity contribution in [3.63, 3.8) is 0 Å². The maximum Gasteiger partial charge on any atom is 0.409 e. The topological polar surface area (TPSA) is 48.9 Å². The second kappa shape index (κ2) is 8.44. The molecule has 3 heterocycles. The van der Waals surface area contributed by atoms with E-state index in [0.717, 1.165) is 39.3 Å². The van der Waals surface area contributed by atoms with Gasteiger partial charge in [0.25, 0.3) is 0 Å². The second-order valence-corrected chi connectivity index (χ2v) is 6.61. The normalized spacial score (nSPS) is 23.2. The Morgan fingerprint density at radius 2 is 1.96 bits per heavy atom. The van der Waals surface area contributed by atoms with Gasteiger partial charge in [-0.05, 0) is 44.0 Å². The molecule has 2 aliphatic rings. The summed E-state index contributed by atoms with van der Waals surface area (Å²) in [6.07, 6.45) is 6.07. The number of nitrogens with zero attached hydrogens (tertiary/aromatic N) is 4. The molecule has 3 rings (SSSR count). The first-order valence-electron chi connectivity index (χ1n) is 9.03. The van der Waals surface area contributed by atoms with Gasteiger partial charge in [-0.2, -0.15) is 0 Å². The van der Waals surface area contributed by atoms with E-state index in [1.54, 1.807) is 0 Å². The molecule has 132 valence electrons. The molecule has 2 saturated heterocycles. The van der Waals surface area contributed by atoms with E-state index >= 15 is 0 Å². The molecule has 6 heteroatoms. The Balaban J connectivity index is 1.48. The number of piperidine rings is 1. The average Bonchev–Trinajstić information content (AvgIpc) is 2.63. The van der Waals surface area contributed by atoms with Crippen molar-refractivity contribution in [3.8, 4) is 0 Å². The van der Waals surface area contributed by atoms with Crippen LogP contribution >= 0.6 is 0 Å². The molecular formula is C18H28N4O2. The quantitative estimate of drug-likeness (QED) is 0.842. The monoisotopic (exact) mass is 332 g/mol. The highest BCUT2D eigenvalue weighted by molar-refractivity contribution is 5.67. The summed E-state index contributed by atoms with van der Waals surface area (Å²) < 4.78 is 5.10. The summed E-state index contributed by atoms with van der Waals surface area (Å²) in [5.41, 5.74) is 1.33. The number of piperazine rings is 1. The lowest BCUT2D eigenvalue weighted by molar-refractivity contribution is 0.0412. The largest absolute Gasteiger partial charge is 0.450 e. The Morgan fingerprint density at radius 1 is 1.21 bits per heavy atom. The zero-order valence-corrected chi connectivity index (χ0v) is 14.6. The van der Waals surface area contributed by atoms with Gasteiger partial charge < -0.3 is 9.64 Å². The minimum absolute atomic E-state index is 0.167. The average molecular weight is 332 g/mol. The Kier molecular flexibility index (Phi) is 6.04. The van der Waals surface area contributed by atoms with Gasteiger partial charge in [-0.25, -0.2) is 4.79 Å². The third kappa shape index (κ3) is 4.45. The van der Waals surface area contributed by atoms with E-state index in [2.05, 4.69) is 26.9 Å². The summed E-state index contributed by atoms with van der Waals surface area (Å²) in [4.78, 5) is 22.8. The molecule has 6 nitrogen and oxygen atoms in total. The van der Waals surface area contributed by atoms with E-state index in [1.165, 1.54) is 24.9 Å². The summed E-state index contributed by atoms with van der Waals surface area (Å²) in [5.74, 6) is 0. The molecule has 0 N–H and O–H groups in total. The smallest absolute Gasteiger partial charge is 0.409 e. The van der Waals surface area contributed by atoms with Crippen LogP contribution in [0.1, 0.15) is 25.3 Å². The summed E-state index contributed by atoms with van der Waals surface area (Å²) in [7, 11) is 0. The molecule has 2 fully saturated rings.